The highest BCUT2D eigenvalue weighted by Crippen LogP contribution is 2.32. The quantitative estimate of drug-likeness (QED) is 0.322. The molecule has 0 aliphatic carbocycles. The number of allylic oxidation sites excluding steroid dienone is 1. The maximum atomic E-state index is 13.3. The Labute approximate surface area is 212 Å². The molecule has 8 nitrogen and oxygen atoms in total. The van der Waals surface area contributed by atoms with Crippen LogP contribution in [0.5, 0.6) is 0 Å². The summed E-state index contributed by atoms with van der Waals surface area (Å²) in [5.74, 6) is -0.966. The minimum absolute atomic E-state index is 0.0210. The normalized spacial score (nSPS) is 17.2. The molecule has 1 amide bonds. The molecule has 1 aromatic heterocycles. The van der Waals surface area contributed by atoms with Crippen LogP contribution < -0.4 is 16.5 Å². The Morgan fingerprint density at radius 2 is 1.76 bits per heavy atom. The number of benzene rings is 3. The van der Waals surface area contributed by atoms with Crippen molar-refractivity contribution in [2.45, 2.75) is 31.8 Å². The molecule has 0 radical (unpaired) electrons. The zero-order valence-electron chi connectivity index (χ0n) is 19.9. The largest absolute Gasteiger partial charge is 0.464 e. The van der Waals surface area contributed by atoms with Crippen LogP contribution in [0.4, 0.5) is 11.4 Å². The fourth-order valence-electron chi connectivity index (χ4n) is 4.21. The number of carbonyl (C=O) groups excluding carboxylic acids is 1. The van der Waals surface area contributed by atoms with E-state index in [0.717, 1.165) is 11.1 Å². The lowest BCUT2D eigenvalue weighted by Crippen LogP contribution is -2.30. The molecule has 2 heterocycles. The summed E-state index contributed by atoms with van der Waals surface area (Å²) in [4.78, 5) is 26.4. The summed E-state index contributed by atoms with van der Waals surface area (Å²) < 4.78 is 17.7. The number of aliphatic hydroxyl groups is 1. The Hall–Kier alpha value is -4.40. The number of carbonyl (C=O) groups is 1. The second-order valence-corrected chi connectivity index (χ2v) is 8.76. The van der Waals surface area contributed by atoms with Crippen molar-refractivity contribution in [1.82, 2.24) is 0 Å². The Bertz CT molecular complexity index is 1510. The van der Waals surface area contributed by atoms with E-state index in [2.05, 4.69) is 5.32 Å². The molecule has 1 aliphatic heterocycles. The van der Waals surface area contributed by atoms with Gasteiger partial charge in [0.15, 0.2) is 11.2 Å². The predicted octanol–water partition coefficient (Wildman–Crippen LogP) is 4.44. The highest BCUT2D eigenvalue weighted by Gasteiger charge is 2.31. The number of nitrogen functional groups attached to an aromatic ring is 1. The molecule has 0 saturated heterocycles. The first kappa shape index (κ1) is 24.3. The van der Waals surface area contributed by atoms with Crippen LogP contribution in [0, 0.1) is 0 Å². The molecule has 4 N–H and O–H groups in total. The molecule has 1 aliphatic rings. The third-order valence-corrected chi connectivity index (χ3v) is 6.24. The second-order valence-electron chi connectivity index (χ2n) is 8.76. The summed E-state index contributed by atoms with van der Waals surface area (Å²) in [6, 6.07) is 21.3. The van der Waals surface area contributed by atoms with Gasteiger partial charge in [-0.2, -0.15) is 0 Å². The van der Waals surface area contributed by atoms with Crippen molar-refractivity contribution in [3.05, 3.63) is 118 Å². The van der Waals surface area contributed by atoms with E-state index in [4.69, 9.17) is 19.6 Å². The molecule has 0 bridgehead atoms. The van der Waals surface area contributed by atoms with E-state index in [1.54, 1.807) is 54.6 Å². The molecule has 4 aromatic rings. The third-order valence-electron chi connectivity index (χ3n) is 6.24. The summed E-state index contributed by atoms with van der Waals surface area (Å²) in [5.41, 5.74) is 9.24. The van der Waals surface area contributed by atoms with E-state index in [0.29, 0.717) is 34.3 Å². The van der Waals surface area contributed by atoms with Crippen molar-refractivity contribution < 1.29 is 23.8 Å². The number of anilines is 2. The molecule has 5 rings (SSSR count). The summed E-state index contributed by atoms with van der Waals surface area (Å²) in [5, 5.41) is 12.5. The predicted molar refractivity (Wildman–Crippen MR) is 139 cm³/mol. The van der Waals surface area contributed by atoms with Gasteiger partial charge in [0.25, 0.3) is 5.91 Å². The van der Waals surface area contributed by atoms with Crippen molar-refractivity contribution in [2.24, 2.45) is 0 Å². The van der Waals surface area contributed by atoms with Crippen LogP contribution >= 0.6 is 0 Å². The Morgan fingerprint density at radius 1 is 1.03 bits per heavy atom. The summed E-state index contributed by atoms with van der Waals surface area (Å²) >= 11 is 0. The topological polar surface area (TPSA) is 124 Å². The van der Waals surface area contributed by atoms with Crippen LogP contribution in [0.3, 0.4) is 0 Å². The lowest BCUT2D eigenvalue weighted by atomic mass is 9.93. The second kappa shape index (κ2) is 10.7. The SMILES string of the molecule is Nc1ccccc1NC(=O)C1=C[C@@H](c2coc3ccccc3c2=O)C[C@@H](OCc2ccc(CO)cc2)O1. The van der Waals surface area contributed by atoms with Crippen LogP contribution in [0.1, 0.15) is 29.0 Å². The van der Waals surface area contributed by atoms with Gasteiger partial charge in [-0.05, 0) is 41.5 Å². The van der Waals surface area contributed by atoms with Gasteiger partial charge in [0.05, 0.1) is 36.2 Å². The van der Waals surface area contributed by atoms with Crippen molar-refractivity contribution in [3.8, 4) is 0 Å². The Kier molecular flexibility index (Phi) is 7.02. The average Bonchev–Trinajstić information content (AvgIpc) is 2.93. The van der Waals surface area contributed by atoms with Crippen LogP contribution in [0.15, 0.2) is 100 Å². The molecule has 0 spiro atoms. The van der Waals surface area contributed by atoms with Crippen LogP contribution in [0.25, 0.3) is 11.0 Å². The first-order chi connectivity index (χ1) is 18.0. The molecular formula is C29H26N2O6. The highest BCUT2D eigenvalue weighted by atomic mass is 16.7. The van der Waals surface area contributed by atoms with Crippen molar-refractivity contribution in [3.63, 3.8) is 0 Å². The Balaban J connectivity index is 1.43. The summed E-state index contributed by atoms with van der Waals surface area (Å²) in [7, 11) is 0. The van der Waals surface area contributed by atoms with E-state index in [1.807, 2.05) is 24.3 Å². The first-order valence-corrected chi connectivity index (χ1v) is 11.9. The molecule has 0 saturated carbocycles. The van der Waals surface area contributed by atoms with Crippen LogP contribution in [-0.4, -0.2) is 17.3 Å². The standard InChI is InChI=1S/C29H26N2O6/c30-23-6-2-3-7-24(23)31-29(34)26-13-20(22-17-35-25-8-4-1-5-21(25)28(22)33)14-27(37-26)36-16-19-11-9-18(15-32)10-12-19/h1-13,17,20,27,32H,14-16,30H2,(H,31,34)/t20-,27+/m1/s1. The van der Waals surface area contributed by atoms with Crippen molar-refractivity contribution in [2.75, 3.05) is 11.1 Å². The minimum Gasteiger partial charge on any atom is -0.464 e. The lowest BCUT2D eigenvalue weighted by Gasteiger charge is -2.29. The van der Waals surface area contributed by atoms with E-state index in [1.165, 1.54) is 6.26 Å². The third kappa shape index (κ3) is 5.40. The smallest absolute Gasteiger partial charge is 0.290 e. The zero-order valence-corrected chi connectivity index (χ0v) is 19.9. The van der Waals surface area contributed by atoms with Gasteiger partial charge in [-0.25, -0.2) is 0 Å². The molecule has 0 unspecified atom stereocenters. The fourth-order valence-corrected chi connectivity index (χ4v) is 4.21. The molecule has 188 valence electrons. The number of fused-ring (bicyclic) bond motifs is 1. The number of hydrogen-bond donors (Lipinski definition) is 3. The number of nitrogens with one attached hydrogen (secondary N) is 1. The highest BCUT2D eigenvalue weighted by molar-refractivity contribution is 6.04. The summed E-state index contributed by atoms with van der Waals surface area (Å²) in [6.07, 6.45) is 2.56. The van der Waals surface area contributed by atoms with Gasteiger partial charge in [-0.15, -0.1) is 0 Å². The van der Waals surface area contributed by atoms with Gasteiger partial charge >= 0.3 is 0 Å². The fraction of sp³-hybridized carbons (Fsp3) is 0.172. The number of amides is 1. The van der Waals surface area contributed by atoms with Crippen molar-refractivity contribution in [1.29, 1.82) is 0 Å². The number of aliphatic hydroxyl groups excluding tert-OH is 1. The molecule has 8 heteroatoms. The molecule has 2 atom stereocenters. The summed E-state index contributed by atoms with van der Waals surface area (Å²) in [6.45, 7) is 0.175. The zero-order chi connectivity index (χ0) is 25.8. The average molecular weight is 499 g/mol. The van der Waals surface area contributed by atoms with Crippen molar-refractivity contribution >= 4 is 28.3 Å². The van der Waals surface area contributed by atoms with E-state index in [-0.39, 0.29) is 24.4 Å². The van der Waals surface area contributed by atoms with Gasteiger partial charge in [0, 0.05) is 17.9 Å². The van der Waals surface area contributed by atoms with Gasteiger partial charge in [0.1, 0.15) is 5.58 Å². The van der Waals surface area contributed by atoms with Crippen LogP contribution in [0.2, 0.25) is 0 Å². The Morgan fingerprint density at radius 3 is 2.54 bits per heavy atom. The van der Waals surface area contributed by atoms with Gasteiger partial charge in [-0.1, -0.05) is 48.5 Å². The number of nitrogens with two attached hydrogens (primary N) is 1. The maximum absolute atomic E-state index is 13.3. The van der Waals surface area contributed by atoms with E-state index < -0.39 is 18.1 Å². The van der Waals surface area contributed by atoms with Gasteiger partial charge < -0.3 is 30.0 Å². The molecule has 3 aromatic carbocycles. The monoisotopic (exact) mass is 498 g/mol. The molecular weight excluding hydrogens is 472 g/mol. The number of hydrogen-bond acceptors (Lipinski definition) is 7. The van der Waals surface area contributed by atoms with E-state index >= 15 is 0 Å². The molecule has 0 fully saturated rings. The molecule has 37 heavy (non-hydrogen) atoms. The maximum Gasteiger partial charge on any atom is 0.290 e. The lowest BCUT2D eigenvalue weighted by molar-refractivity contribution is -0.147. The minimum atomic E-state index is -0.799. The van der Waals surface area contributed by atoms with Gasteiger partial charge in [-0.3, -0.25) is 9.59 Å². The number of para-hydroxylation sites is 3. The van der Waals surface area contributed by atoms with Gasteiger partial charge in [0.2, 0.25) is 6.29 Å². The number of ether oxygens (including phenoxy) is 2. The van der Waals surface area contributed by atoms with Crippen LogP contribution in [-0.2, 0) is 27.5 Å². The number of rotatable bonds is 7. The first-order valence-electron chi connectivity index (χ1n) is 11.9. The van der Waals surface area contributed by atoms with E-state index in [9.17, 15) is 14.7 Å².